The van der Waals surface area contributed by atoms with Crippen LogP contribution in [0, 0.1) is 0 Å². The lowest BCUT2D eigenvalue weighted by atomic mass is 9.94. The maximum atomic E-state index is 11.7. The second-order valence-electron chi connectivity index (χ2n) is 5.66. The predicted molar refractivity (Wildman–Crippen MR) is 65.8 cm³/mol. The Morgan fingerprint density at radius 3 is 3.00 bits per heavy atom. The minimum absolute atomic E-state index is 0.0922. The first-order valence-electron chi connectivity index (χ1n) is 6.04. The summed E-state index contributed by atoms with van der Waals surface area (Å²) in [5.74, 6) is 0. The summed E-state index contributed by atoms with van der Waals surface area (Å²) in [4.78, 5) is 11.7. The molecular weight excluding hydrogens is 216 g/mol. The summed E-state index contributed by atoms with van der Waals surface area (Å²) in [5.41, 5.74) is 2.23. The van der Waals surface area contributed by atoms with E-state index < -0.39 is 0 Å². The Hall–Kier alpha value is -1.52. The molecule has 0 spiro atoms. The summed E-state index contributed by atoms with van der Waals surface area (Å²) in [5, 5.41) is 12.9. The maximum Gasteiger partial charge on any atom is 0.315 e. The quantitative estimate of drug-likeness (QED) is 0.689. The minimum atomic E-state index is -0.197. The van der Waals surface area contributed by atoms with Crippen LogP contribution in [0.1, 0.15) is 38.4 Å². The first-order valence-corrected chi connectivity index (χ1v) is 6.04. The van der Waals surface area contributed by atoms with Gasteiger partial charge in [-0.3, -0.25) is 5.10 Å². The first-order chi connectivity index (χ1) is 7.94. The summed E-state index contributed by atoms with van der Waals surface area (Å²) in [6.07, 6.45) is 4.67. The van der Waals surface area contributed by atoms with Crippen LogP contribution >= 0.6 is 0 Å². The van der Waals surface area contributed by atoms with Crippen molar-refractivity contribution >= 4 is 6.03 Å². The van der Waals surface area contributed by atoms with Gasteiger partial charge in [0, 0.05) is 23.7 Å². The highest BCUT2D eigenvalue weighted by Crippen LogP contribution is 2.18. The molecule has 1 aromatic rings. The van der Waals surface area contributed by atoms with Crippen molar-refractivity contribution in [1.29, 1.82) is 0 Å². The van der Waals surface area contributed by atoms with E-state index in [0.717, 1.165) is 25.0 Å². The number of nitrogens with zero attached hydrogens (tertiary/aromatic N) is 1. The molecule has 0 bridgehead atoms. The third-order valence-corrected chi connectivity index (χ3v) is 2.84. The number of hydrogen-bond donors (Lipinski definition) is 3. The third-order valence-electron chi connectivity index (χ3n) is 2.84. The third kappa shape index (κ3) is 3.22. The summed E-state index contributed by atoms with van der Waals surface area (Å²) in [6.45, 7) is 5.92. The number of carbonyl (C=O) groups is 1. The smallest absolute Gasteiger partial charge is 0.315 e. The fraction of sp³-hybridized carbons (Fsp3) is 0.667. The molecule has 0 saturated carbocycles. The lowest BCUT2D eigenvalue weighted by molar-refractivity contribution is 0.226. The number of aromatic nitrogens is 2. The van der Waals surface area contributed by atoms with Crippen molar-refractivity contribution in [3.63, 3.8) is 0 Å². The van der Waals surface area contributed by atoms with E-state index in [-0.39, 0.29) is 17.6 Å². The second-order valence-corrected chi connectivity index (χ2v) is 5.66. The fourth-order valence-corrected chi connectivity index (χ4v) is 2.09. The summed E-state index contributed by atoms with van der Waals surface area (Å²) >= 11 is 0. The maximum absolute atomic E-state index is 11.7. The molecule has 5 nitrogen and oxygen atoms in total. The summed E-state index contributed by atoms with van der Waals surface area (Å²) in [7, 11) is 0. The molecule has 1 unspecified atom stereocenters. The lowest BCUT2D eigenvalue weighted by Crippen LogP contribution is -2.50. The van der Waals surface area contributed by atoms with E-state index >= 15 is 0 Å². The van der Waals surface area contributed by atoms with Crippen LogP contribution in [-0.4, -0.2) is 27.8 Å². The van der Waals surface area contributed by atoms with Gasteiger partial charge in [-0.15, -0.1) is 0 Å². The predicted octanol–water partition coefficient (Wildman–Crippen LogP) is 1.36. The van der Waals surface area contributed by atoms with Gasteiger partial charge in [0.2, 0.25) is 0 Å². The standard InChI is InChI=1S/C12H20N4O/c1-12(2,3)15-11(17)14-9-5-4-8-7-13-16-10(8)6-9/h7,9H,4-6H2,1-3H3,(H,13,16)(H2,14,15,17). The summed E-state index contributed by atoms with van der Waals surface area (Å²) in [6, 6.07) is 0.107. The summed E-state index contributed by atoms with van der Waals surface area (Å²) < 4.78 is 0. The molecule has 0 fully saturated rings. The van der Waals surface area contributed by atoms with Gasteiger partial charge in [-0.25, -0.2) is 4.79 Å². The van der Waals surface area contributed by atoms with Crippen LogP contribution in [0.2, 0.25) is 0 Å². The number of nitrogens with one attached hydrogen (secondary N) is 3. The molecule has 1 aliphatic carbocycles. The molecule has 94 valence electrons. The minimum Gasteiger partial charge on any atom is -0.335 e. The number of aryl methyl sites for hydroxylation is 1. The van der Waals surface area contributed by atoms with Gasteiger partial charge in [0.15, 0.2) is 0 Å². The largest absolute Gasteiger partial charge is 0.335 e. The Labute approximate surface area is 101 Å². The van der Waals surface area contributed by atoms with Gasteiger partial charge in [-0.1, -0.05) is 0 Å². The van der Waals surface area contributed by atoms with Crippen LogP contribution in [-0.2, 0) is 12.8 Å². The van der Waals surface area contributed by atoms with E-state index in [4.69, 9.17) is 0 Å². The Balaban J connectivity index is 1.88. The van der Waals surface area contributed by atoms with E-state index in [2.05, 4.69) is 20.8 Å². The Morgan fingerprint density at radius 2 is 2.29 bits per heavy atom. The van der Waals surface area contributed by atoms with Gasteiger partial charge >= 0.3 is 6.03 Å². The molecule has 1 aliphatic rings. The molecule has 1 heterocycles. The molecule has 0 saturated heterocycles. The van der Waals surface area contributed by atoms with Crippen molar-refractivity contribution in [3.05, 3.63) is 17.5 Å². The molecule has 0 aromatic carbocycles. The Kier molecular flexibility index (Phi) is 3.09. The van der Waals surface area contributed by atoms with Crippen LogP contribution in [0.15, 0.2) is 6.20 Å². The number of fused-ring (bicyclic) bond motifs is 1. The zero-order valence-electron chi connectivity index (χ0n) is 10.6. The van der Waals surface area contributed by atoms with Crippen LogP contribution in [0.25, 0.3) is 0 Å². The van der Waals surface area contributed by atoms with Crippen molar-refractivity contribution in [2.45, 2.75) is 51.6 Å². The van der Waals surface area contributed by atoms with Crippen molar-refractivity contribution in [2.24, 2.45) is 0 Å². The van der Waals surface area contributed by atoms with E-state index in [0.29, 0.717) is 0 Å². The number of rotatable bonds is 1. The van der Waals surface area contributed by atoms with Gasteiger partial charge in [-0.2, -0.15) is 5.10 Å². The normalized spacial score (nSPS) is 19.6. The van der Waals surface area contributed by atoms with Crippen molar-refractivity contribution in [3.8, 4) is 0 Å². The number of H-pyrrole nitrogens is 1. The van der Waals surface area contributed by atoms with E-state index in [9.17, 15) is 4.79 Å². The van der Waals surface area contributed by atoms with Gasteiger partial charge in [0.25, 0.3) is 0 Å². The van der Waals surface area contributed by atoms with Crippen LogP contribution < -0.4 is 10.6 Å². The van der Waals surface area contributed by atoms with Crippen LogP contribution in [0.3, 0.4) is 0 Å². The van der Waals surface area contributed by atoms with Gasteiger partial charge in [0.1, 0.15) is 0 Å². The zero-order chi connectivity index (χ0) is 12.5. The SMILES string of the molecule is CC(C)(C)NC(=O)NC1CCc2cn[nH]c2C1. The van der Waals surface area contributed by atoms with E-state index in [1.807, 2.05) is 27.0 Å². The van der Waals surface area contributed by atoms with Gasteiger partial charge in [0.05, 0.1) is 6.20 Å². The van der Waals surface area contributed by atoms with Gasteiger partial charge < -0.3 is 10.6 Å². The molecule has 1 aromatic heterocycles. The topological polar surface area (TPSA) is 69.8 Å². The molecule has 17 heavy (non-hydrogen) atoms. The second kappa shape index (κ2) is 4.39. The highest BCUT2D eigenvalue weighted by molar-refractivity contribution is 5.75. The molecule has 5 heteroatoms. The number of hydrogen-bond acceptors (Lipinski definition) is 2. The van der Waals surface area contributed by atoms with Crippen LogP contribution in [0.5, 0.6) is 0 Å². The molecule has 0 radical (unpaired) electrons. The number of aromatic amines is 1. The molecule has 2 rings (SSSR count). The van der Waals surface area contributed by atoms with Gasteiger partial charge in [-0.05, 0) is 39.2 Å². The average molecular weight is 236 g/mol. The van der Waals surface area contributed by atoms with Crippen LogP contribution in [0.4, 0.5) is 4.79 Å². The van der Waals surface area contributed by atoms with Crippen molar-refractivity contribution < 1.29 is 4.79 Å². The molecular formula is C12H20N4O. The highest BCUT2D eigenvalue weighted by atomic mass is 16.2. The van der Waals surface area contributed by atoms with E-state index in [1.165, 1.54) is 5.56 Å². The molecule has 1 atom stereocenters. The Morgan fingerprint density at radius 1 is 1.53 bits per heavy atom. The number of amides is 2. The molecule has 2 amide bonds. The monoisotopic (exact) mass is 236 g/mol. The average Bonchev–Trinajstić information content (AvgIpc) is 2.61. The zero-order valence-corrected chi connectivity index (χ0v) is 10.6. The van der Waals surface area contributed by atoms with Crippen molar-refractivity contribution in [1.82, 2.24) is 20.8 Å². The molecule has 3 N–H and O–H groups in total. The lowest BCUT2D eigenvalue weighted by Gasteiger charge is -2.26. The first kappa shape index (κ1) is 12.0. The van der Waals surface area contributed by atoms with E-state index in [1.54, 1.807) is 0 Å². The fourth-order valence-electron chi connectivity index (χ4n) is 2.09. The highest BCUT2D eigenvalue weighted by Gasteiger charge is 2.22. The number of carbonyl (C=O) groups excluding carboxylic acids is 1. The van der Waals surface area contributed by atoms with Crippen molar-refractivity contribution in [2.75, 3.05) is 0 Å². The number of urea groups is 1. The molecule has 0 aliphatic heterocycles. The Bertz CT molecular complexity index is 405.